The predicted molar refractivity (Wildman–Crippen MR) is 161 cm³/mol. The number of benzene rings is 2. The number of fused-ring (bicyclic) bond motifs is 1. The second kappa shape index (κ2) is 10.8. The van der Waals surface area contributed by atoms with E-state index in [-0.39, 0.29) is 18.0 Å². The molecule has 6 aromatic rings. The molecule has 1 atom stereocenters. The number of hydrogen-bond donors (Lipinski definition) is 1. The third-order valence-corrected chi connectivity index (χ3v) is 7.16. The molecule has 41 heavy (non-hydrogen) atoms. The van der Waals surface area contributed by atoms with Gasteiger partial charge in [0.25, 0.3) is 0 Å². The van der Waals surface area contributed by atoms with Gasteiger partial charge in [0.15, 0.2) is 0 Å². The average Bonchev–Trinajstić information content (AvgIpc) is 3.52. The number of aryl methyl sites for hydroxylation is 2. The number of nitrogens with zero attached hydrogens (tertiary/aromatic N) is 4. The Labute approximate surface area is 239 Å². The third-order valence-electron chi connectivity index (χ3n) is 7.16. The van der Waals surface area contributed by atoms with Crippen molar-refractivity contribution in [1.29, 1.82) is 5.41 Å². The van der Waals surface area contributed by atoms with Gasteiger partial charge in [-0.3, -0.25) is 15.4 Å². The van der Waals surface area contributed by atoms with Gasteiger partial charge in [-0.1, -0.05) is 53.7 Å². The maximum absolute atomic E-state index is 8.29. The molecule has 0 bridgehead atoms. The van der Waals surface area contributed by atoms with E-state index < -0.39 is 0 Å². The van der Waals surface area contributed by atoms with Crippen LogP contribution in [-0.2, 0) is 4.74 Å². The summed E-state index contributed by atoms with van der Waals surface area (Å²) in [6.07, 6.45) is 5.82. The van der Waals surface area contributed by atoms with Crippen molar-refractivity contribution in [2.45, 2.75) is 39.8 Å². The molecule has 204 valence electrons. The zero-order valence-corrected chi connectivity index (χ0v) is 23.5. The highest BCUT2D eigenvalue weighted by molar-refractivity contribution is 5.97. The van der Waals surface area contributed by atoms with Crippen molar-refractivity contribution in [3.63, 3.8) is 0 Å². The van der Waals surface area contributed by atoms with Crippen molar-refractivity contribution in [3.8, 4) is 22.3 Å². The van der Waals surface area contributed by atoms with Gasteiger partial charge in [0.1, 0.15) is 11.8 Å². The minimum absolute atomic E-state index is 0.0576. The normalized spacial score (nSPS) is 12.1. The standard InChI is InChI=1S/C34H31N5O2/c1-21(2)40-34(35)26-15-13-24(14-16-26)28-20-39(33(25-10-6-5-7-11-25)29-12-8-9-17-36-29)30-18-27(19-37-32(28)30)31-22(3)38-41-23(31)4/h5-21,33,35H,1-4H3/t33-/m0/s1. The first-order valence-corrected chi connectivity index (χ1v) is 13.7. The summed E-state index contributed by atoms with van der Waals surface area (Å²) in [4.78, 5) is 9.78. The molecule has 0 radical (unpaired) electrons. The fourth-order valence-electron chi connectivity index (χ4n) is 5.34. The van der Waals surface area contributed by atoms with Crippen molar-refractivity contribution < 1.29 is 9.26 Å². The Balaban J connectivity index is 1.57. The first kappa shape index (κ1) is 26.2. The van der Waals surface area contributed by atoms with Gasteiger partial charge >= 0.3 is 0 Å². The van der Waals surface area contributed by atoms with Gasteiger partial charge in [-0.05, 0) is 69.2 Å². The Kier molecular flexibility index (Phi) is 6.93. The number of ether oxygens (including phenoxy) is 1. The SMILES string of the molecule is Cc1noc(C)c1-c1cnc2c(-c3ccc(C(=N)OC(C)C)cc3)cn([C@@H](c3ccccc3)c3ccccn3)c2c1. The monoisotopic (exact) mass is 541 g/mol. The Hall–Kier alpha value is -5.04. The van der Waals surface area contributed by atoms with Crippen LogP contribution < -0.4 is 0 Å². The van der Waals surface area contributed by atoms with Crippen LogP contribution in [0.3, 0.4) is 0 Å². The first-order valence-electron chi connectivity index (χ1n) is 13.7. The van der Waals surface area contributed by atoms with Crippen LogP contribution in [0, 0.1) is 19.3 Å². The number of hydrogen-bond acceptors (Lipinski definition) is 6. The molecule has 0 unspecified atom stereocenters. The third kappa shape index (κ3) is 5.02. The molecule has 1 N–H and O–H groups in total. The molecule has 0 amide bonds. The molecule has 0 aliphatic carbocycles. The fourth-order valence-corrected chi connectivity index (χ4v) is 5.34. The van der Waals surface area contributed by atoms with Gasteiger partial charge in [-0.2, -0.15) is 0 Å². The van der Waals surface area contributed by atoms with Crippen LogP contribution in [-0.4, -0.2) is 31.7 Å². The number of aromatic nitrogens is 4. The predicted octanol–water partition coefficient (Wildman–Crippen LogP) is 7.76. The lowest BCUT2D eigenvalue weighted by Gasteiger charge is -2.20. The Morgan fingerprint density at radius 3 is 2.32 bits per heavy atom. The Bertz CT molecular complexity index is 1760. The van der Waals surface area contributed by atoms with Crippen molar-refractivity contribution >= 4 is 16.9 Å². The van der Waals surface area contributed by atoms with Crippen LogP contribution >= 0.6 is 0 Å². The van der Waals surface area contributed by atoms with Gasteiger partial charge < -0.3 is 13.8 Å². The van der Waals surface area contributed by atoms with Crippen molar-refractivity contribution in [2.24, 2.45) is 0 Å². The van der Waals surface area contributed by atoms with E-state index in [1.807, 2.05) is 82.6 Å². The van der Waals surface area contributed by atoms with E-state index >= 15 is 0 Å². The van der Waals surface area contributed by atoms with Gasteiger partial charge in [0.2, 0.25) is 5.90 Å². The van der Waals surface area contributed by atoms with Gasteiger partial charge in [0.05, 0.1) is 28.5 Å². The minimum Gasteiger partial charge on any atom is -0.475 e. The molecule has 7 heteroatoms. The summed E-state index contributed by atoms with van der Waals surface area (Å²) in [6, 6.07) is 26.3. The second-order valence-electron chi connectivity index (χ2n) is 10.4. The van der Waals surface area contributed by atoms with Crippen molar-refractivity contribution in [2.75, 3.05) is 0 Å². The van der Waals surface area contributed by atoms with E-state index in [4.69, 9.17) is 24.6 Å². The largest absolute Gasteiger partial charge is 0.475 e. The molecular formula is C34H31N5O2. The van der Waals surface area contributed by atoms with Crippen molar-refractivity contribution in [1.82, 2.24) is 19.7 Å². The van der Waals surface area contributed by atoms with E-state index in [1.165, 1.54) is 0 Å². The molecule has 0 saturated carbocycles. The highest BCUT2D eigenvalue weighted by atomic mass is 16.5. The van der Waals surface area contributed by atoms with E-state index in [0.717, 1.165) is 61.6 Å². The van der Waals surface area contributed by atoms with E-state index in [0.29, 0.717) is 0 Å². The summed E-state index contributed by atoms with van der Waals surface area (Å²) in [6.45, 7) is 7.71. The zero-order valence-electron chi connectivity index (χ0n) is 23.5. The molecule has 0 fully saturated rings. The summed E-state index contributed by atoms with van der Waals surface area (Å²) in [5.74, 6) is 0.920. The van der Waals surface area contributed by atoms with E-state index in [2.05, 4.69) is 52.3 Å². The summed E-state index contributed by atoms with van der Waals surface area (Å²) in [5, 5.41) is 12.5. The highest BCUT2D eigenvalue weighted by Crippen LogP contribution is 2.38. The maximum Gasteiger partial charge on any atom is 0.213 e. The van der Waals surface area contributed by atoms with Gasteiger partial charge in [0, 0.05) is 40.8 Å². The maximum atomic E-state index is 8.29. The number of rotatable bonds is 7. The minimum atomic E-state index is -0.178. The van der Waals surface area contributed by atoms with Crippen LogP contribution in [0.15, 0.2) is 102 Å². The fraction of sp³-hybridized carbons (Fsp3) is 0.176. The lowest BCUT2D eigenvalue weighted by molar-refractivity contribution is 0.227. The average molecular weight is 542 g/mol. The van der Waals surface area contributed by atoms with Crippen LogP contribution in [0.4, 0.5) is 0 Å². The van der Waals surface area contributed by atoms with Crippen LogP contribution in [0.2, 0.25) is 0 Å². The molecule has 0 aliphatic rings. The molecule has 4 heterocycles. The smallest absolute Gasteiger partial charge is 0.213 e. The van der Waals surface area contributed by atoms with Crippen LogP contribution in [0.5, 0.6) is 0 Å². The van der Waals surface area contributed by atoms with Gasteiger partial charge in [-0.15, -0.1) is 0 Å². The topological polar surface area (TPSA) is 89.8 Å². The van der Waals surface area contributed by atoms with Crippen molar-refractivity contribution in [3.05, 3.63) is 126 Å². The lowest BCUT2D eigenvalue weighted by atomic mass is 10.0. The van der Waals surface area contributed by atoms with Crippen LogP contribution in [0.25, 0.3) is 33.3 Å². The Morgan fingerprint density at radius 1 is 0.902 bits per heavy atom. The Morgan fingerprint density at radius 2 is 1.66 bits per heavy atom. The zero-order chi connectivity index (χ0) is 28.5. The number of pyridine rings is 2. The summed E-state index contributed by atoms with van der Waals surface area (Å²) in [5.41, 5.74) is 9.34. The molecule has 2 aromatic carbocycles. The summed E-state index contributed by atoms with van der Waals surface area (Å²) >= 11 is 0. The summed E-state index contributed by atoms with van der Waals surface area (Å²) < 4.78 is 13.3. The first-order chi connectivity index (χ1) is 19.9. The van der Waals surface area contributed by atoms with E-state index in [9.17, 15) is 0 Å². The number of nitrogens with one attached hydrogen (secondary N) is 1. The molecule has 0 aliphatic heterocycles. The quantitative estimate of drug-likeness (QED) is 0.165. The van der Waals surface area contributed by atoms with E-state index in [1.54, 1.807) is 0 Å². The molecule has 0 spiro atoms. The van der Waals surface area contributed by atoms with Gasteiger partial charge in [-0.25, -0.2) is 0 Å². The molecule has 7 nitrogen and oxygen atoms in total. The lowest BCUT2D eigenvalue weighted by Crippen LogP contribution is -2.13. The van der Waals surface area contributed by atoms with Crippen LogP contribution in [0.1, 0.15) is 48.2 Å². The molecular weight excluding hydrogens is 510 g/mol. The summed E-state index contributed by atoms with van der Waals surface area (Å²) in [7, 11) is 0. The second-order valence-corrected chi connectivity index (χ2v) is 10.4. The molecule has 6 rings (SSSR count). The molecule has 4 aromatic heterocycles. The highest BCUT2D eigenvalue weighted by Gasteiger charge is 2.24. The molecule has 0 saturated heterocycles.